The Balaban J connectivity index is 1.53. The zero-order valence-corrected chi connectivity index (χ0v) is 17.1. The van der Waals surface area contributed by atoms with Crippen molar-refractivity contribution < 1.29 is 4.79 Å². The van der Waals surface area contributed by atoms with Gasteiger partial charge in [0.25, 0.3) is 5.56 Å². The maximum atomic E-state index is 12.9. The Kier molecular flexibility index (Phi) is 5.48. The predicted octanol–water partition coefficient (Wildman–Crippen LogP) is 4.37. The summed E-state index contributed by atoms with van der Waals surface area (Å²) in [5.74, 6) is 0.466. The van der Waals surface area contributed by atoms with Gasteiger partial charge in [0.05, 0.1) is 23.5 Å². The molecule has 0 aliphatic carbocycles. The first-order chi connectivity index (χ1) is 14.6. The monoisotopic (exact) mass is 400 g/mol. The summed E-state index contributed by atoms with van der Waals surface area (Å²) in [5, 5.41) is 5.88. The molecule has 0 bridgehead atoms. The third kappa shape index (κ3) is 3.89. The van der Waals surface area contributed by atoms with Crippen LogP contribution in [0.1, 0.15) is 31.3 Å². The van der Waals surface area contributed by atoms with E-state index >= 15 is 0 Å². The highest BCUT2D eigenvalue weighted by atomic mass is 16.2. The molecule has 0 fully saturated rings. The van der Waals surface area contributed by atoms with Crippen LogP contribution in [0.3, 0.4) is 0 Å². The second-order valence-electron chi connectivity index (χ2n) is 7.28. The van der Waals surface area contributed by atoms with Crippen molar-refractivity contribution in [2.24, 2.45) is 0 Å². The van der Waals surface area contributed by atoms with E-state index in [0.717, 1.165) is 16.3 Å². The minimum Gasteiger partial charge on any atom is -0.331 e. The fraction of sp³-hybridized carbons (Fsp3) is 0.208. The molecule has 30 heavy (non-hydrogen) atoms. The molecule has 0 saturated carbocycles. The van der Waals surface area contributed by atoms with Crippen LogP contribution in [0.4, 0.5) is 4.79 Å². The maximum absolute atomic E-state index is 12.9. The first-order valence-electron chi connectivity index (χ1n) is 10.1. The molecule has 0 spiro atoms. The number of carbonyl (C=O) groups is 1. The van der Waals surface area contributed by atoms with Crippen molar-refractivity contribution in [3.8, 4) is 0 Å². The van der Waals surface area contributed by atoms with Crippen LogP contribution >= 0.6 is 0 Å². The van der Waals surface area contributed by atoms with Crippen LogP contribution < -0.4 is 10.9 Å². The van der Waals surface area contributed by atoms with Crippen molar-refractivity contribution in [1.82, 2.24) is 20.2 Å². The number of aromatic amines is 1. The second kappa shape index (κ2) is 8.37. The predicted molar refractivity (Wildman–Crippen MR) is 119 cm³/mol. The van der Waals surface area contributed by atoms with Gasteiger partial charge < -0.3 is 15.2 Å². The van der Waals surface area contributed by atoms with E-state index < -0.39 is 0 Å². The van der Waals surface area contributed by atoms with Crippen molar-refractivity contribution in [2.75, 3.05) is 6.54 Å². The zero-order chi connectivity index (χ0) is 21.1. The van der Waals surface area contributed by atoms with E-state index in [2.05, 4.69) is 33.5 Å². The Bertz CT molecular complexity index is 1260. The normalized spacial score (nSPS) is 12.1. The molecule has 2 amide bonds. The number of fused-ring (bicyclic) bond motifs is 2. The highest BCUT2D eigenvalue weighted by Gasteiger charge is 2.18. The van der Waals surface area contributed by atoms with Crippen LogP contribution in [-0.2, 0) is 6.54 Å². The lowest BCUT2D eigenvalue weighted by molar-refractivity contribution is 0.193. The first kappa shape index (κ1) is 19.6. The summed E-state index contributed by atoms with van der Waals surface area (Å²) in [6.07, 6.45) is 0. The van der Waals surface area contributed by atoms with Gasteiger partial charge in [-0.15, -0.1) is 0 Å². The molecule has 0 saturated heterocycles. The van der Waals surface area contributed by atoms with Gasteiger partial charge in [0, 0.05) is 6.54 Å². The number of amides is 2. The molecule has 0 radical (unpaired) electrons. The largest absolute Gasteiger partial charge is 0.331 e. The fourth-order valence-corrected chi connectivity index (χ4v) is 3.70. The molecular formula is C24H24N4O2. The van der Waals surface area contributed by atoms with E-state index in [1.165, 1.54) is 0 Å². The summed E-state index contributed by atoms with van der Waals surface area (Å²) in [4.78, 5) is 34.2. The van der Waals surface area contributed by atoms with Gasteiger partial charge in [-0.3, -0.25) is 4.79 Å². The van der Waals surface area contributed by atoms with Gasteiger partial charge in [-0.05, 0) is 42.3 Å². The van der Waals surface area contributed by atoms with Crippen LogP contribution in [0, 0.1) is 0 Å². The summed E-state index contributed by atoms with van der Waals surface area (Å²) >= 11 is 0. The molecule has 1 aromatic heterocycles. The van der Waals surface area contributed by atoms with Crippen molar-refractivity contribution >= 4 is 27.7 Å². The number of hydrogen-bond donors (Lipinski definition) is 2. The number of urea groups is 1. The summed E-state index contributed by atoms with van der Waals surface area (Å²) < 4.78 is 0. The molecule has 4 aromatic rings. The molecule has 3 aromatic carbocycles. The number of para-hydroxylation sites is 1. The first-order valence-corrected chi connectivity index (χ1v) is 10.1. The minimum atomic E-state index is -0.200. The van der Waals surface area contributed by atoms with Crippen LogP contribution in [0.25, 0.3) is 21.7 Å². The molecule has 1 heterocycles. The SMILES string of the molecule is CCN(Cc1nc2ccccc2c(=O)[nH]1)C(=O)NC(C)c1cccc2ccccc12. The zero-order valence-electron chi connectivity index (χ0n) is 17.1. The number of carbonyl (C=O) groups excluding carboxylic acids is 1. The Hall–Kier alpha value is -3.67. The lowest BCUT2D eigenvalue weighted by atomic mass is 10.00. The quantitative estimate of drug-likeness (QED) is 0.522. The van der Waals surface area contributed by atoms with Gasteiger partial charge in [0.2, 0.25) is 0 Å². The molecule has 6 nitrogen and oxygen atoms in total. The number of aromatic nitrogens is 2. The molecule has 4 rings (SSSR count). The number of nitrogens with zero attached hydrogens (tertiary/aromatic N) is 2. The minimum absolute atomic E-state index is 0.165. The van der Waals surface area contributed by atoms with Crippen molar-refractivity contribution in [3.05, 3.63) is 88.5 Å². The van der Waals surface area contributed by atoms with Crippen LogP contribution in [-0.4, -0.2) is 27.4 Å². The van der Waals surface area contributed by atoms with Crippen molar-refractivity contribution in [1.29, 1.82) is 0 Å². The summed E-state index contributed by atoms with van der Waals surface area (Å²) in [6.45, 7) is 4.60. The second-order valence-corrected chi connectivity index (χ2v) is 7.28. The third-order valence-corrected chi connectivity index (χ3v) is 5.30. The highest BCUT2D eigenvalue weighted by Crippen LogP contribution is 2.24. The molecule has 1 unspecified atom stereocenters. The third-order valence-electron chi connectivity index (χ3n) is 5.30. The summed E-state index contributed by atoms with van der Waals surface area (Å²) in [7, 11) is 0. The van der Waals surface area contributed by atoms with Gasteiger partial charge in [-0.25, -0.2) is 9.78 Å². The van der Waals surface area contributed by atoms with E-state index in [1.807, 2.05) is 44.2 Å². The highest BCUT2D eigenvalue weighted by molar-refractivity contribution is 5.86. The molecule has 2 N–H and O–H groups in total. The van der Waals surface area contributed by atoms with Crippen LogP contribution in [0.2, 0.25) is 0 Å². The average Bonchev–Trinajstić information content (AvgIpc) is 2.77. The molecule has 0 aliphatic heterocycles. The van der Waals surface area contributed by atoms with Gasteiger partial charge in [0.15, 0.2) is 0 Å². The Morgan fingerprint density at radius 3 is 2.53 bits per heavy atom. The van der Waals surface area contributed by atoms with E-state index in [1.54, 1.807) is 23.1 Å². The number of nitrogens with one attached hydrogen (secondary N) is 2. The molecule has 1 atom stereocenters. The van der Waals surface area contributed by atoms with Gasteiger partial charge >= 0.3 is 6.03 Å². The standard InChI is InChI=1S/C24H24N4O2/c1-3-28(15-22-26-21-14-7-6-12-20(21)23(29)27-22)24(30)25-16(2)18-13-8-10-17-9-4-5-11-19(17)18/h4-14,16H,3,15H2,1-2H3,(H,25,30)(H,26,27,29). The van der Waals surface area contributed by atoms with Crippen LogP contribution in [0.5, 0.6) is 0 Å². The van der Waals surface area contributed by atoms with Gasteiger partial charge in [-0.1, -0.05) is 54.6 Å². The average molecular weight is 400 g/mol. The van der Waals surface area contributed by atoms with E-state index in [9.17, 15) is 9.59 Å². The summed E-state index contributed by atoms with van der Waals surface area (Å²) in [5.41, 5.74) is 1.49. The molecule has 0 aliphatic rings. The molecule has 6 heteroatoms. The lowest BCUT2D eigenvalue weighted by Crippen LogP contribution is -2.41. The van der Waals surface area contributed by atoms with Gasteiger partial charge in [-0.2, -0.15) is 0 Å². The Labute approximate surface area is 174 Å². The summed E-state index contributed by atoms with van der Waals surface area (Å²) in [6, 6.07) is 21.0. The number of benzene rings is 3. The topological polar surface area (TPSA) is 78.1 Å². The fourth-order valence-electron chi connectivity index (χ4n) is 3.70. The van der Waals surface area contributed by atoms with Crippen LogP contribution in [0.15, 0.2) is 71.5 Å². The van der Waals surface area contributed by atoms with Gasteiger partial charge in [0.1, 0.15) is 5.82 Å². The number of rotatable bonds is 5. The molecule has 152 valence electrons. The Morgan fingerprint density at radius 2 is 1.73 bits per heavy atom. The smallest absolute Gasteiger partial charge is 0.318 e. The van der Waals surface area contributed by atoms with E-state index in [0.29, 0.717) is 23.3 Å². The van der Waals surface area contributed by atoms with Crippen molar-refractivity contribution in [3.63, 3.8) is 0 Å². The molecular weight excluding hydrogens is 376 g/mol. The van der Waals surface area contributed by atoms with E-state index in [-0.39, 0.29) is 24.2 Å². The Morgan fingerprint density at radius 1 is 1.03 bits per heavy atom. The number of hydrogen-bond acceptors (Lipinski definition) is 3. The van der Waals surface area contributed by atoms with E-state index in [4.69, 9.17) is 0 Å². The van der Waals surface area contributed by atoms with Crippen molar-refractivity contribution in [2.45, 2.75) is 26.4 Å². The number of H-pyrrole nitrogens is 1. The lowest BCUT2D eigenvalue weighted by Gasteiger charge is -2.24. The maximum Gasteiger partial charge on any atom is 0.318 e.